The van der Waals surface area contributed by atoms with Gasteiger partial charge in [-0.15, -0.1) is 0 Å². The van der Waals surface area contributed by atoms with Crippen LogP contribution in [-0.2, 0) is 4.74 Å². The lowest BCUT2D eigenvalue weighted by molar-refractivity contribution is 0.0224. The van der Waals surface area contributed by atoms with Crippen LogP contribution in [0, 0.1) is 11.8 Å². The highest BCUT2D eigenvalue weighted by molar-refractivity contribution is 5.38. The van der Waals surface area contributed by atoms with Crippen molar-refractivity contribution in [1.82, 2.24) is 0 Å². The Morgan fingerprint density at radius 3 is 2.60 bits per heavy atom. The van der Waals surface area contributed by atoms with Crippen LogP contribution >= 0.6 is 0 Å². The molecule has 3 nitrogen and oxygen atoms in total. The van der Waals surface area contributed by atoms with Crippen molar-refractivity contribution in [3.8, 4) is 17.6 Å². The van der Waals surface area contributed by atoms with Gasteiger partial charge in [0.25, 0.3) is 0 Å². The maximum atomic E-state index is 8.51. The van der Waals surface area contributed by atoms with E-state index in [1.54, 1.807) is 0 Å². The first-order valence-electron chi connectivity index (χ1n) is 4.77. The fourth-order valence-electron chi connectivity index (χ4n) is 0.969. The molecule has 1 rings (SSSR count). The quantitative estimate of drug-likeness (QED) is 0.460. The third-order valence-electron chi connectivity index (χ3n) is 1.68. The van der Waals surface area contributed by atoms with Gasteiger partial charge < -0.3 is 14.6 Å². The third kappa shape index (κ3) is 4.50. The van der Waals surface area contributed by atoms with E-state index >= 15 is 0 Å². The molecule has 1 aromatic rings. The zero-order valence-corrected chi connectivity index (χ0v) is 8.69. The molecule has 1 aromatic carbocycles. The van der Waals surface area contributed by atoms with Gasteiger partial charge in [0.05, 0.1) is 0 Å². The van der Waals surface area contributed by atoms with Crippen molar-refractivity contribution < 1.29 is 14.6 Å². The lowest BCUT2D eigenvalue weighted by atomic mass is 10.2. The van der Waals surface area contributed by atoms with E-state index in [4.69, 9.17) is 14.6 Å². The molecule has 0 saturated heterocycles. The number of rotatable bonds is 4. The molecule has 3 heteroatoms. The molecule has 0 radical (unpaired) electrons. The van der Waals surface area contributed by atoms with Crippen molar-refractivity contribution in [3.63, 3.8) is 0 Å². The van der Waals surface area contributed by atoms with Crippen molar-refractivity contribution in [3.05, 3.63) is 29.8 Å². The maximum Gasteiger partial charge on any atom is 0.189 e. The number of hydrogen-bond donors (Lipinski definition) is 1. The molecule has 0 spiro atoms. The van der Waals surface area contributed by atoms with Gasteiger partial charge in [-0.1, -0.05) is 11.8 Å². The summed E-state index contributed by atoms with van der Waals surface area (Å²) < 4.78 is 10.3. The van der Waals surface area contributed by atoms with Crippen LogP contribution in [0.3, 0.4) is 0 Å². The summed E-state index contributed by atoms with van der Waals surface area (Å²) in [6.07, 6.45) is 0. The molecule has 15 heavy (non-hydrogen) atoms. The van der Waals surface area contributed by atoms with Crippen molar-refractivity contribution in [1.29, 1.82) is 0 Å². The van der Waals surface area contributed by atoms with Crippen molar-refractivity contribution in [2.24, 2.45) is 0 Å². The normalized spacial score (nSPS) is 9.20. The van der Waals surface area contributed by atoms with Crippen LogP contribution in [-0.4, -0.2) is 25.1 Å². The van der Waals surface area contributed by atoms with Crippen LogP contribution in [0.5, 0.6) is 5.75 Å². The van der Waals surface area contributed by atoms with Crippen LogP contribution in [0.1, 0.15) is 12.5 Å². The van der Waals surface area contributed by atoms with Gasteiger partial charge in [0.2, 0.25) is 0 Å². The van der Waals surface area contributed by atoms with E-state index in [1.807, 2.05) is 31.2 Å². The summed E-state index contributed by atoms with van der Waals surface area (Å²) >= 11 is 0. The summed E-state index contributed by atoms with van der Waals surface area (Å²) in [5.74, 6) is 6.13. The van der Waals surface area contributed by atoms with Gasteiger partial charge in [0.15, 0.2) is 6.79 Å². The van der Waals surface area contributed by atoms with E-state index < -0.39 is 0 Å². The topological polar surface area (TPSA) is 38.7 Å². The SMILES string of the molecule is CCOCOc1ccc(C#CCO)cc1. The van der Waals surface area contributed by atoms with Crippen LogP contribution < -0.4 is 4.74 Å². The maximum absolute atomic E-state index is 8.51. The van der Waals surface area contributed by atoms with Gasteiger partial charge >= 0.3 is 0 Å². The molecule has 0 heterocycles. The number of ether oxygens (including phenoxy) is 2. The first-order chi connectivity index (χ1) is 7.36. The lowest BCUT2D eigenvalue weighted by Gasteiger charge is -2.04. The first kappa shape index (κ1) is 11.6. The molecule has 0 fully saturated rings. The van der Waals surface area contributed by atoms with Gasteiger partial charge in [-0.05, 0) is 31.2 Å². The summed E-state index contributed by atoms with van der Waals surface area (Å²) in [4.78, 5) is 0. The Balaban J connectivity index is 2.49. The van der Waals surface area contributed by atoms with Crippen molar-refractivity contribution in [2.45, 2.75) is 6.92 Å². The van der Waals surface area contributed by atoms with E-state index in [2.05, 4.69) is 11.8 Å². The molecule has 0 aliphatic carbocycles. The van der Waals surface area contributed by atoms with Crippen LogP contribution in [0.2, 0.25) is 0 Å². The minimum absolute atomic E-state index is 0.122. The Morgan fingerprint density at radius 1 is 1.27 bits per heavy atom. The summed E-state index contributed by atoms with van der Waals surface area (Å²) in [5.41, 5.74) is 0.854. The van der Waals surface area contributed by atoms with E-state index in [1.165, 1.54) is 0 Å². The van der Waals surface area contributed by atoms with Gasteiger partial charge in [-0.3, -0.25) is 0 Å². The second kappa shape index (κ2) is 6.88. The molecular formula is C12H14O3. The molecular weight excluding hydrogens is 192 g/mol. The highest BCUT2D eigenvalue weighted by Crippen LogP contribution is 2.11. The Kier molecular flexibility index (Phi) is 5.31. The van der Waals surface area contributed by atoms with Gasteiger partial charge in [0, 0.05) is 12.2 Å². The van der Waals surface area contributed by atoms with Gasteiger partial charge in [-0.25, -0.2) is 0 Å². The van der Waals surface area contributed by atoms with E-state index in [9.17, 15) is 0 Å². The van der Waals surface area contributed by atoms with E-state index in [0.29, 0.717) is 6.61 Å². The zero-order valence-electron chi connectivity index (χ0n) is 8.69. The summed E-state index contributed by atoms with van der Waals surface area (Å²) in [5, 5.41) is 8.51. The molecule has 0 amide bonds. The summed E-state index contributed by atoms with van der Waals surface area (Å²) in [7, 11) is 0. The summed E-state index contributed by atoms with van der Waals surface area (Å²) in [6, 6.07) is 7.31. The highest BCUT2D eigenvalue weighted by atomic mass is 16.7. The standard InChI is InChI=1S/C12H14O3/c1-2-14-10-15-12-7-5-11(6-8-12)4-3-9-13/h5-8,13H,2,9-10H2,1H3. The molecule has 0 aromatic heterocycles. The van der Waals surface area contributed by atoms with E-state index in [-0.39, 0.29) is 13.4 Å². The third-order valence-corrected chi connectivity index (χ3v) is 1.68. The van der Waals surface area contributed by atoms with Gasteiger partial charge in [-0.2, -0.15) is 0 Å². The second-order valence-electron chi connectivity index (χ2n) is 2.74. The van der Waals surface area contributed by atoms with Crippen LogP contribution in [0.4, 0.5) is 0 Å². The number of benzene rings is 1. The minimum Gasteiger partial charge on any atom is -0.468 e. The van der Waals surface area contributed by atoms with E-state index in [0.717, 1.165) is 11.3 Å². The summed E-state index contributed by atoms with van der Waals surface area (Å²) in [6.45, 7) is 2.69. The number of aliphatic hydroxyl groups excluding tert-OH is 1. The Labute approximate surface area is 89.6 Å². The predicted octanol–water partition coefficient (Wildman–Crippen LogP) is 1.40. The van der Waals surface area contributed by atoms with Crippen LogP contribution in [0.25, 0.3) is 0 Å². The van der Waals surface area contributed by atoms with Crippen molar-refractivity contribution >= 4 is 0 Å². The second-order valence-corrected chi connectivity index (χ2v) is 2.74. The van der Waals surface area contributed by atoms with Crippen molar-refractivity contribution in [2.75, 3.05) is 20.0 Å². The average molecular weight is 206 g/mol. The number of hydrogen-bond acceptors (Lipinski definition) is 3. The molecule has 0 atom stereocenters. The minimum atomic E-state index is -0.122. The number of aliphatic hydroxyl groups is 1. The Morgan fingerprint density at radius 2 is 2.00 bits per heavy atom. The molecule has 1 N–H and O–H groups in total. The zero-order chi connectivity index (χ0) is 10.9. The highest BCUT2D eigenvalue weighted by Gasteiger charge is 1.92. The molecule has 0 saturated carbocycles. The van der Waals surface area contributed by atoms with Gasteiger partial charge in [0.1, 0.15) is 12.4 Å². The molecule has 0 aliphatic heterocycles. The predicted molar refractivity (Wildman–Crippen MR) is 57.5 cm³/mol. The average Bonchev–Trinajstić information content (AvgIpc) is 2.28. The van der Waals surface area contributed by atoms with Crippen LogP contribution in [0.15, 0.2) is 24.3 Å². The Hall–Kier alpha value is -1.50. The lowest BCUT2D eigenvalue weighted by Crippen LogP contribution is -2.01. The fraction of sp³-hybridized carbons (Fsp3) is 0.333. The molecule has 0 unspecified atom stereocenters. The largest absolute Gasteiger partial charge is 0.468 e. The molecule has 0 bridgehead atoms. The monoisotopic (exact) mass is 206 g/mol. The molecule has 0 aliphatic rings. The Bertz CT molecular complexity index is 332. The first-order valence-corrected chi connectivity index (χ1v) is 4.77. The fourth-order valence-corrected chi connectivity index (χ4v) is 0.969. The molecule has 80 valence electrons. The smallest absolute Gasteiger partial charge is 0.189 e.